The van der Waals surface area contributed by atoms with Crippen LogP contribution >= 0.6 is 0 Å². The SMILES string of the molecule is N#Cc1ccc(-c2cc(-c3ccc(Oc4ccc(N5CCCC56C(=O)NC(=O)NC6=O)cn4)cc3)[nH]n2)nc1. The van der Waals surface area contributed by atoms with Gasteiger partial charge in [-0.15, -0.1) is 0 Å². The molecule has 3 aromatic heterocycles. The second-order valence-corrected chi connectivity index (χ2v) is 9.04. The van der Waals surface area contributed by atoms with E-state index >= 15 is 0 Å². The van der Waals surface area contributed by atoms with Gasteiger partial charge in [0.2, 0.25) is 5.88 Å². The lowest BCUT2D eigenvalue weighted by atomic mass is 9.92. The molecule has 2 aliphatic heterocycles. The fraction of sp³-hybridized carbons (Fsp3) is 0.148. The van der Waals surface area contributed by atoms with E-state index in [1.807, 2.05) is 24.3 Å². The fourth-order valence-electron chi connectivity index (χ4n) is 4.82. The van der Waals surface area contributed by atoms with E-state index in [0.29, 0.717) is 53.7 Å². The standard InChI is InChI=1S/C27H20N8O4/c28-13-16-2-8-20(29-14-16)22-12-21(33-34-22)17-3-6-19(7-4-17)39-23-9-5-18(15-30-23)35-11-1-10-27(35)24(36)31-26(38)32-25(27)37/h2-9,12,14-15H,1,10-11H2,(H,33,34)(H2,31,32,36,37,38). The Morgan fingerprint density at radius 3 is 2.38 bits per heavy atom. The van der Waals surface area contributed by atoms with Gasteiger partial charge >= 0.3 is 6.03 Å². The summed E-state index contributed by atoms with van der Waals surface area (Å²) >= 11 is 0. The molecule has 0 saturated carbocycles. The zero-order valence-corrected chi connectivity index (χ0v) is 20.3. The van der Waals surface area contributed by atoms with Crippen molar-refractivity contribution in [3.05, 3.63) is 72.6 Å². The summed E-state index contributed by atoms with van der Waals surface area (Å²) in [5.41, 5.74) is 2.58. The number of amides is 4. The zero-order chi connectivity index (χ0) is 27.0. The Hall–Kier alpha value is -5.57. The highest BCUT2D eigenvalue weighted by molar-refractivity contribution is 6.24. The number of aromatic nitrogens is 4. The number of hydrogen-bond acceptors (Lipinski definition) is 9. The number of H-pyrrole nitrogens is 1. The molecular formula is C27H20N8O4. The van der Waals surface area contributed by atoms with Gasteiger partial charge in [-0.05, 0) is 66.9 Å². The highest BCUT2D eigenvalue weighted by Gasteiger charge is 2.57. The van der Waals surface area contributed by atoms with E-state index in [1.54, 1.807) is 41.3 Å². The van der Waals surface area contributed by atoms with Crippen LogP contribution in [0.1, 0.15) is 18.4 Å². The van der Waals surface area contributed by atoms with Gasteiger partial charge in [0.15, 0.2) is 5.54 Å². The Morgan fingerprint density at radius 1 is 0.923 bits per heavy atom. The Morgan fingerprint density at radius 2 is 1.72 bits per heavy atom. The summed E-state index contributed by atoms with van der Waals surface area (Å²) in [5, 5.41) is 20.6. The molecule has 2 saturated heterocycles. The molecule has 192 valence electrons. The molecule has 12 nitrogen and oxygen atoms in total. The molecule has 39 heavy (non-hydrogen) atoms. The van der Waals surface area contributed by atoms with E-state index in [1.165, 1.54) is 12.4 Å². The molecule has 6 rings (SSSR count). The topological polar surface area (TPSA) is 166 Å². The fourth-order valence-corrected chi connectivity index (χ4v) is 4.82. The minimum atomic E-state index is -1.48. The number of urea groups is 1. The average Bonchev–Trinajstić information content (AvgIpc) is 3.62. The Labute approximate surface area is 221 Å². The van der Waals surface area contributed by atoms with Crippen molar-refractivity contribution < 1.29 is 19.1 Å². The number of benzene rings is 1. The van der Waals surface area contributed by atoms with Crippen LogP contribution in [0.15, 0.2) is 67.0 Å². The normalized spacial score (nSPS) is 16.1. The summed E-state index contributed by atoms with van der Waals surface area (Å²) in [6.07, 6.45) is 3.95. The number of rotatable bonds is 5. The number of nitriles is 1. The second kappa shape index (κ2) is 9.38. The molecule has 4 aromatic rings. The van der Waals surface area contributed by atoms with Crippen molar-refractivity contribution >= 4 is 23.5 Å². The quantitative estimate of drug-likeness (QED) is 0.335. The number of anilines is 1. The summed E-state index contributed by atoms with van der Waals surface area (Å²) in [6, 6.07) is 17.3. The van der Waals surface area contributed by atoms with Gasteiger partial charge in [0.25, 0.3) is 11.8 Å². The number of nitrogens with one attached hydrogen (secondary N) is 3. The van der Waals surface area contributed by atoms with Crippen LogP contribution in [-0.4, -0.2) is 50.1 Å². The molecule has 1 aromatic carbocycles. The van der Waals surface area contributed by atoms with Gasteiger partial charge in [-0.1, -0.05) is 0 Å². The summed E-state index contributed by atoms with van der Waals surface area (Å²) in [7, 11) is 0. The third kappa shape index (κ3) is 4.21. The van der Waals surface area contributed by atoms with Gasteiger partial charge in [0.1, 0.15) is 17.5 Å². The van der Waals surface area contributed by atoms with Crippen LogP contribution in [0.3, 0.4) is 0 Å². The molecule has 0 aliphatic carbocycles. The summed E-state index contributed by atoms with van der Waals surface area (Å²) in [6.45, 7) is 0.467. The Balaban J connectivity index is 1.14. The first-order valence-corrected chi connectivity index (χ1v) is 12.1. The van der Waals surface area contributed by atoms with Crippen LogP contribution in [0.2, 0.25) is 0 Å². The molecule has 0 atom stereocenters. The molecule has 0 radical (unpaired) electrons. The lowest BCUT2D eigenvalue weighted by Crippen LogP contribution is -2.71. The van der Waals surface area contributed by atoms with E-state index < -0.39 is 23.4 Å². The van der Waals surface area contributed by atoms with Crippen molar-refractivity contribution in [3.63, 3.8) is 0 Å². The van der Waals surface area contributed by atoms with E-state index in [9.17, 15) is 14.4 Å². The number of ether oxygens (including phenoxy) is 1. The highest BCUT2D eigenvalue weighted by Crippen LogP contribution is 2.36. The lowest BCUT2D eigenvalue weighted by Gasteiger charge is -2.38. The molecule has 2 aliphatic rings. The maximum absolute atomic E-state index is 12.7. The molecule has 5 heterocycles. The predicted molar refractivity (Wildman–Crippen MR) is 137 cm³/mol. The number of nitrogens with zero attached hydrogens (tertiary/aromatic N) is 5. The van der Waals surface area contributed by atoms with Crippen LogP contribution in [0, 0.1) is 11.3 Å². The highest BCUT2D eigenvalue weighted by atomic mass is 16.5. The molecule has 4 amide bonds. The number of imide groups is 2. The molecule has 1 spiro atoms. The maximum Gasteiger partial charge on any atom is 0.328 e. The van der Waals surface area contributed by atoms with Crippen molar-refractivity contribution in [2.24, 2.45) is 0 Å². The van der Waals surface area contributed by atoms with E-state index in [0.717, 1.165) is 11.3 Å². The minimum absolute atomic E-state index is 0.296. The van der Waals surface area contributed by atoms with Crippen LogP contribution in [-0.2, 0) is 9.59 Å². The van der Waals surface area contributed by atoms with Crippen LogP contribution in [0.4, 0.5) is 10.5 Å². The number of carbonyl (C=O) groups excluding carboxylic acids is 3. The average molecular weight is 521 g/mol. The third-order valence-corrected chi connectivity index (χ3v) is 6.74. The maximum atomic E-state index is 12.7. The van der Waals surface area contributed by atoms with E-state index in [2.05, 4.69) is 30.8 Å². The number of carbonyl (C=O) groups is 3. The smallest absolute Gasteiger partial charge is 0.328 e. The summed E-state index contributed by atoms with van der Waals surface area (Å²) in [4.78, 5) is 47.1. The van der Waals surface area contributed by atoms with Crippen molar-refractivity contribution in [1.82, 2.24) is 30.8 Å². The van der Waals surface area contributed by atoms with Gasteiger partial charge in [-0.2, -0.15) is 10.4 Å². The molecule has 0 bridgehead atoms. The number of hydrogen-bond donors (Lipinski definition) is 3. The van der Waals surface area contributed by atoms with Gasteiger partial charge in [0.05, 0.1) is 28.8 Å². The van der Waals surface area contributed by atoms with Crippen molar-refractivity contribution in [2.75, 3.05) is 11.4 Å². The Kier molecular flexibility index (Phi) is 5.73. The summed E-state index contributed by atoms with van der Waals surface area (Å²) < 4.78 is 5.88. The second-order valence-electron chi connectivity index (χ2n) is 9.04. The number of barbiturate groups is 1. The molecule has 3 N–H and O–H groups in total. The van der Waals surface area contributed by atoms with Crippen molar-refractivity contribution in [1.29, 1.82) is 5.26 Å². The van der Waals surface area contributed by atoms with E-state index in [4.69, 9.17) is 10.00 Å². The van der Waals surface area contributed by atoms with E-state index in [-0.39, 0.29) is 0 Å². The van der Waals surface area contributed by atoms with Gasteiger partial charge in [-0.25, -0.2) is 9.78 Å². The van der Waals surface area contributed by atoms with Crippen LogP contribution in [0.25, 0.3) is 22.6 Å². The number of aromatic amines is 1. The van der Waals surface area contributed by atoms with Crippen molar-refractivity contribution in [2.45, 2.75) is 18.4 Å². The molecular weight excluding hydrogens is 500 g/mol. The first-order valence-electron chi connectivity index (χ1n) is 12.1. The first-order chi connectivity index (χ1) is 19.0. The largest absolute Gasteiger partial charge is 0.439 e. The minimum Gasteiger partial charge on any atom is -0.439 e. The van der Waals surface area contributed by atoms with Crippen LogP contribution < -0.4 is 20.3 Å². The van der Waals surface area contributed by atoms with Crippen molar-refractivity contribution in [3.8, 4) is 40.3 Å². The lowest BCUT2D eigenvalue weighted by molar-refractivity contribution is -0.137. The summed E-state index contributed by atoms with van der Waals surface area (Å²) in [5.74, 6) is -0.365. The van der Waals surface area contributed by atoms with Gasteiger partial charge in [-0.3, -0.25) is 30.3 Å². The zero-order valence-electron chi connectivity index (χ0n) is 20.3. The van der Waals surface area contributed by atoms with Gasteiger partial charge < -0.3 is 9.64 Å². The molecule has 12 heteroatoms. The first kappa shape index (κ1) is 23.8. The molecule has 2 fully saturated rings. The monoisotopic (exact) mass is 520 g/mol. The predicted octanol–water partition coefficient (Wildman–Crippen LogP) is 2.90. The van der Waals surface area contributed by atoms with Gasteiger partial charge in [0, 0.05) is 18.8 Å². The third-order valence-electron chi connectivity index (χ3n) is 6.74. The Bertz CT molecular complexity index is 1600. The number of pyridine rings is 2. The van der Waals surface area contributed by atoms with Crippen LogP contribution in [0.5, 0.6) is 11.6 Å². The molecule has 0 unspecified atom stereocenters.